The number of fused-ring (bicyclic) bond motifs is 3. The molecule has 0 amide bonds. The minimum atomic E-state index is 0.0105. The summed E-state index contributed by atoms with van der Waals surface area (Å²) in [6, 6.07) is 52.6. The maximum atomic E-state index is 6.54. The van der Waals surface area contributed by atoms with Crippen LogP contribution in [0, 0.1) is 6.92 Å². The lowest BCUT2D eigenvalue weighted by molar-refractivity contribution is 0.578. The van der Waals surface area contributed by atoms with E-state index in [0.717, 1.165) is 39.4 Å². The van der Waals surface area contributed by atoms with Crippen LogP contribution in [0.25, 0.3) is 39.3 Å². The van der Waals surface area contributed by atoms with Crippen LogP contribution < -0.4 is 21.3 Å². The molecule has 0 saturated heterocycles. The Bertz CT molecular complexity index is 2090. The maximum Gasteiger partial charge on any atom is 0.248 e. The van der Waals surface area contributed by atoms with E-state index < -0.39 is 0 Å². The Balaban J connectivity index is 1.43. The van der Waals surface area contributed by atoms with E-state index in [4.69, 9.17) is 4.42 Å². The smallest absolute Gasteiger partial charge is 0.248 e. The summed E-state index contributed by atoms with van der Waals surface area (Å²) in [6.45, 7) is 4.12. The molecule has 0 radical (unpaired) electrons. The summed E-state index contributed by atoms with van der Waals surface area (Å²) in [5.41, 5.74) is 14.2. The lowest BCUT2D eigenvalue weighted by Crippen LogP contribution is -2.58. The van der Waals surface area contributed by atoms with E-state index in [1.54, 1.807) is 0 Å². The zero-order valence-corrected chi connectivity index (χ0v) is 25.4. The van der Waals surface area contributed by atoms with Gasteiger partial charge in [0.25, 0.3) is 0 Å². The van der Waals surface area contributed by atoms with Crippen molar-refractivity contribution < 1.29 is 4.42 Å². The van der Waals surface area contributed by atoms with Crippen molar-refractivity contribution in [3.8, 4) is 22.3 Å². The van der Waals surface area contributed by atoms with Crippen molar-refractivity contribution in [2.75, 3.05) is 4.90 Å². The maximum absolute atomic E-state index is 6.54. The second-order valence-electron chi connectivity index (χ2n) is 11.6. The third-order valence-electron chi connectivity index (χ3n) is 9.03. The normalized spacial score (nSPS) is 12.5. The summed E-state index contributed by atoms with van der Waals surface area (Å²) in [5.74, 6) is 0.927. The molecule has 1 aliphatic heterocycles. The molecule has 0 unspecified atom stereocenters. The third-order valence-corrected chi connectivity index (χ3v) is 9.03. The number of nitrogens with zero attached hydrogens (tertiary/aromatic N) is 1. The largest absolute Gasteiger partial charge is 0.459 e. The van der Waals surface area contributed by atoms with E-state index in [0.29, 0.717) is 0 Å². The molecule has 0 bridgehead atoms. The highest BCUT2D eigenvalue weighted by Gasteiger charge is 2.38. The number of furan rings is 1. The molecule has 0 fully saturated rings. The fraction of sp³-hybridized carbons (Fsp3) is 0.0476. The Morgan fingerprint density at radius 1 is 0.556 bits per heavy atom. The first-order valence-electron chi connectivity index (χ1n) is 15.6. The monoisotopic (exact) mass is 577 g/mol. The van der Waals surface area contributed by atoms with E-state index in [1.165, 1.54) is 38.6 Å². The first-order chi connectivity index (χ1) is 22.2. The van der Waals surface area contributed by atoms with E-state index in [1.807, 2.05) is 0 Å². The molecule has 0 spiro atoms. The van der Waals surface area contributed by atoms with Gasteiger partial charge in [-0.3, -0.25) is 0 Å². The molecule has 0 N–H and O–H groups in total. The second kappa shape index (κ2) is 11.2. The Hall–Kier alpha value is -5.54. The van der Waals surface area contributed by atoms with Crippen molar-refractivity contribution in [1.82, 2.24) is 0 Å². The molecule has 2 nitrogen and oxygen atoms in total. The first-order valence-corrected chi connectivity index (χ1v) is 15.6. The Morgan fingerprint density at radius 2 is 1.07 bits per heavy atom. The van der Waals surface area contributed by atoms with Crippen molar-refractivity contribution in [1.29, 1.82) is 0 Å². The lowest BCUT2D eigenvalue weighted by atomic mass is 9.33. The summed E-state index contributed by atoms with van der Waals surface area (Å²) in [4.78, 5) is 2.40. The standard InChI is InChI=1S/C42H32BNO/c1-3-16-32-29(2)45-42-35(32)23-15-28-40(42)44-38-26-12-10-24-36(38)43(37-25-11-13-27-39(37)44)41-33(30-17-6-4-7-18-30)21-14-22-34(41)31-19-8-5-9-20-31/h3-28H,1-2H3. The van der Waals surface area contributed by atoms with Gasteiger partial charge in [0.15, 0.2) is 5.58 Å². The van der Waals surface area contributed by atoms with Crippen molar-refractivity contribution >= 4 is 57.2 Å². The molecular formula is C42H32BNO. The molecule has 0 aliphatic carbocycles. The number of hydrogen-bond donors (Lipinski definition) is 0. The van der Waals surface area contributed by atoms with Crippen LogP contribution in [0.2, 0.25) is 0 Å². The van der Waals surface area contributed by atoms with Crippen LogP contribution >= 0.6 is 0 Å². The van der Waals surface area contributed by atoms with Crippen LogP contribution in [0.3, 0.4) is 0 Å². The molecule has 1 aromatic heterocycles. The SMILES string of the molecule is CC=Cc1c(C)oc2c(N3c4ccccc4B(c4c(-c5ccccc5)cccc4-c4ccccc4)c4ccccc43)cccc12. The summed E-state index contributed by atoms with van der Waals surface area (Å²) in [5, 5.41) is 1.13. The van der Waals surface area contributed by atoms with Crippen LogP contribution in [0.5, 0.6) is 0 Å². The van der Waals surface area contributed by atoms with Gasteiger partial charge in [0.1, 0.15) is 5.76 Å². The number of allylic oxidation sites excluding steroid dienone is 1. The highest BCUT2D eigenvalue weighted by Crippen LogP contribution is 2.42. The number of rotatable bonds is 5. The van der Waals surface area contributed by atoms with Gasteiger partial charge in [-0.15, -0.1) is 0 Å². The third kappa shape index (κ3) is 4.43. The minimum Gasteiger partial charge on any atom is -0.459 e. The Morgan fingerprint density at radius 3 is 1.64 bits per heavy atom. The van der Waals surface area contributed by atoms with Gasteiger partial charge in [-0.2, -0.15) is 0 Å². The molecule has 1 aliphatic rings. The van der Waals surface area contributed by atoms with E-state index in [2.05, 4.69) is 176 Å². The van der Waals surface area contributed by atoms with Gasteiger partial charge in [0.05, 0.1) is 5.69 Å². The molecule has 214 valence electrons. The van der Waals surface area contributed by atoms with E-state index in [9.17, 15) is 0 Å². The fourth-order valence-electron chi connectivity index (χ4n) is 7.15. The summed E-state index contributed by atoms with van der Waals surface area (Å²) in [7, 11) is 0. The summed E-state index contributed by atoms with van der Waals surface area (Å²) >= 11 is 0. The molecule has 3 heteroatoms. The molecular weight excluding hydrogens is 545 g/mol. The van der Waals surface area contributed by atoms with Crippen molar-refractivity contribution in [3.63, 3.8) is 0 Å². The average molecular weight is 578 g/mol. The lowest BCUT2D eigenvalue weighted by Gasteiger charge is -2.38. The highest BCUT2D eigenvalue weighted by atomic mass is 16.3. The number of para-hydroxylation sites is 3. The van der Waals surface area contributed by atoms with Gasteiger partial charge in [0, 0.05) is 22.3 Å². The van der Waals surface area contributed by atoms with Crippen molar-refractivity contribution in [3.05, 3.63) is 163 Å². The molecule has 45 heavy (non-hydrogen) atoms. The van der Waals surface area contributed by atoms with Gasteiger partial charge in [-0.1, -0.05) is 145 Å². The topological polar surface area (TPSA) is 16.4 Å². The van der Waals surface area contributed by atoms with Crippen LogP contribution in [0.15, 0.2) is 156 Å². The predicted molar refractivity (Wildman–Crippen MR) is 192 cm³/mol. The number of aryl methyl sites for hydroxylation is 1. The Kier molecular flexibility index (Phi) is 6.72. The summed E-state index contributed by atoms with van der Waals surface area (Å²) in [6.07, 6.45) is 4.22. The van der Waals surface area contributed by atoms with Crippen LogP contribution in [-0.4, -0.2) is 6.71 Å². The van der Waals surface area contributed by atoms with E-state index >= 15 is 0 Å². The minimum absolute atomic E-state index is 0.0105. The van der Waals surface area contributed by atoms with Crippen molar-refractivity contribution in [2.24, 2.45) is 0 Å². The second-order valence-corrected chi connectivity index (χ2v) is 11.6. The number of hydrogen-bond acceptors (Lipinski definition) is 2. The molecule has 8 rings (SSSR count). The molecule has 0 atom stereocenters. The highest BCUT2D eigenvalue weighted by molar-refractivity contribution is 6.99. The zero-order valence-electron chi connectivity index (χ0n) is 25.4. The molecule has 6 aromatic carbocycles. The van der Waals surface area contributed by atoms with Gasteiger partial charge in [0.2, 0.25) is 6.71 Å². The van der Waals surface area contributed by atoms with Crippen LogP contribution in [0.1, 0.15) is 18.2 Å². The molecule has 2 heterocycles. The van der Waals surface area contributed by atoms with Gasteiger partial charge in [-0.25, -0.2) is 0 Å². The fourth-order valence-corrected chi connectivity index (χ4v) is 7.15. The van der Waals surface area contributed by atoms with Crippen LogP contribution in [-0.2, 0) is 0 Å². The number of benzene rings is 6. The van der Waals surface area contributed by atoms with E-state index in [-0.39, 0.29) is 6.71 Å². The quantitative estimate of drug-likeness (QED) is 0.190. The van der Waals surface area contributed by atoms with Gasteiger partial charge in [-0.05, 0) is 65.2 Å². The van der Waals surface area contributed by atoms with Gasteiger partial charge >= 0.3 is 0 Å². The molecule has 0 saturated carbocycles. The number of anilines is 3. The Labute approximate surface area is 265 Å². The van der Waals surface area contributed by atoms with Gasteiger partial charge < -0.3 is 9.32 Å². The molecule has 7 aromatic rings. The summed E-state index contributed by atoms with van der Waals surface area (Å²) < 4.78 is 6.54. The van der Waals surface area contributed by atoms with Crippen LogP contribution in [0.4, 0.5) is 17.1 Å². The average Bonchev–Trinajstić information content (AvgIpc) is 3.42. The van der Waals surface area contributed by atoms with Crippen molar-refractivity contribution in [2.45, 2.75) is 13.8 Å². The predicted octanol–water partition coefficient (Wildman–Crippen LogP) is 9.41. The zero-order chi connectivity index (χ0) is 30.3. The first kappa shape index (κ1) is 27.0.